The summed E-state index contributed by atoms with van der Waals surface area (Å²) < 4.78 is 28.2. The first-order chi connectivity index (χ1) is 8.95. The number of fused-ring (bicyclic) bond motifs is 2. The lowest BCUT2D eigenvalue weighted by Crippen LogP contribution is -2.39. The Morgan fingerprint density at radius 1 is 1.37 bits per heavy atom. The van der Waals surface area contributed by atoms with Crippen molar-refractivity contribution in [2.24, 2.45) is 17.8 Å². The summed E-state index contributed by atoms with van der Waals surface area (Å²) in [5, 5.41) is 0. The highest BCUT2D eigenvalue weighted by Crippen LogP contribution is 2.49. The van der Waals surface area contributed by atoms with Crippen LogP contribution in [0.15, 0.2) is 16.3 Å². The first-order valence-corrected chi connectivity index (χ1v) is 9.41. The predicted octanol–water partition coefficient (Wildman–Crippen LogP) is 3.50. The van der Waals surface area contributed by atoms with E-state index in [9.17, 15) is 8.42 Å². The molecule has 0 saturated heterocycles. The molecule has 2 saturated carbocycles. The van der Waals surface area contributed by atoms with Crippen LogP contribution in [0.1, 0.15) is 32.6 Å². The minimum Gasteiger partial charge on any atom is -0.207 e. The fourth-order valence-electron chi connectivity index (χ4n) is 3.74. The number of hydrogen-bond donors (Lipinski definition) is 1. The van der Waals surface area contributed by atoms with Crippen molar-refractivity contribution >= 4 is 33.0 Å². The Hall–Kier alpha value is -0.100. The van der Waals surface area contributed by atoms with Gasteiger partial charge in [-0.15, -0.1) is 11.3 Å². The van der Waals surface area contributed by atoms with Gasteiger partial charge in [0.2, 0.25) is 10.0 Å². The highest BCUT2D eigenvalue weighted by atomic mass is 35.5. The maximum atomic E-state index is 12.3. The van der Waals surface area contributed by atoms with Crippen molar-refractivity contribution in [1.82, 2.24) is 4.72 Å². The molecule has 4 atom stereocenters. The van der Waals surface area contributed by atoms with Gasteiger partial charge < -0.3 is 0 Å². The van der Waals surface area contributed by atoms with Crippen LogP contribution >= 0.6 is 22.9 Å². The number of sulfonamides is 1. The fourth-order valence-corrected chi connectivity index (χ4v) is 6.53. The minimum atomic E-state index is -3.41. The molecule has 2 bridgehead atoms. The maximum Gasteiger partial charge on any atom is 0.250 e. The Labute approximate surface area is 123 Å². The van der Waals surface area contributed by atoms with Gasteiger partial charge in [0, 0.05) is 6.04 Å². The topological polar surface area (TPSA) is 46.2 Å². The van der Waals surface area contributed by atoms with E-state index in [1.165, 1.54) is 25.7 Å². The van der Waals surface area contributed by atoms with Crippen molar-refractivity contribution in [3.05, 3.63) is 16.5 Å². The molecule has 0 aliphatic heterocycles. The van der Waals surface area contributed by atoms with E-state index in [2.05, 4.69) is 4.72 Å². The van der Waals surface area contributed by atoms with E-state index in [0.29, 0.717) is 14.5 Å². The van der Waals surface area contributed by atoms with Crippen LogP contribution in [-0.4, -0.2) is 14.5 Å². The molecule has 2 fully saturated rings. The smallest absolute Gasteiger partial charge is 0.207 e. The molecule has 0 spiro atoms. The molecule has 0 radical (unpaired) electrons. The van der Waals surface area contributed by atoms with Gasteiger partial charge in [0.1, 0.15) is 4.21 Å². The molecule has 1 heterocycles. The summed E-state index contributed by atoms with van der Waals surface area (Å²) in [7, 11) is -3.41. The van der Waals surface area contributed by atoms with Crippen LogP contribution in [0.5, 0.6) is 0 Å². The normalized spacial score (nSPS) is 31.8. The van der Waals surface area contributed by atoms with Crippen LogP contribution in [0.2, 0.25) is 4.34 Å². The second-order valence-corrected chi connectivity index (χ2v) is 9.46. The summed E-state index contributed by atoms with van der Waals surface area (Å²) in [6.45, 7) is 2.00. The van der Waals surface area contributed by atoms with Crippen molar-refractivity contribution in [3.63, 3.8) is 0 Å². The lowest BCUT2D eigenvalue weighted by atomic mass is 9.84. The Balaban J connectivity index is 1.71. The Morgan fingerprint density at radius 3 is 2.68 bits per heavy atom. The highest BCUT2D eigenvalue weighted by Gasteiger charge is 2.42. The molecular formula is C13H18ClNO2S2. The van der Waals surface area contributed by atoms with Gasteiger partial charge in [-0.3, -0.25) is 0 Å². The zero-order chi connectivity index (χ0) is 13.6. The second-order valence-electron chi connectivity index (χ2n) is 5.81. The Morgan fingerprint density at radius 2 is 2.16 bits per heavy atom. The van der Waals surface area contributed by atoms with E-state index in [-0.39, 0.29) is 6.04 Å². The summed E-state index contributed by atoms with van der Waals surface area (Å²) in [4.78, 5) is 0. The molecule has 1 N–H and O–H groups in total. The zero-order valence-corrected chi connectivity index (χ0v) is 13.2. The molecule has 1 aromatic heterocycles. The molecule has 0 unspecified atom stereocenters. The van der Waals surface area contributed by atoms with Gasteiger partial charge in [0.05, 0.1) is 4.34 Å². The van der Waals surface area contributed by atoms with Gasteiger partial charge in [-0.05, 0) is 56.1 Å². The van der Waals surface area contributed by atoms with E-state index < -0.39 is 10.0 Å². The van der Waals surface area contributed by atoms with Gasteiger partial charge in [0.15, 0.2) is 0 Å². The molecule has 6 heteroatoms. The lowest BCUT2D eigenvalue weighted by Gasteiger charge is -2.28. The van der Waals surface area contributed by atoms with Gasteiger partial charge in [-0.25, -0.2) is 13.1 Å². The maximum absolute atomic E-state index is 12.3. The largest absolute Gasteiger partial charge is 0.250 e. The van der Waals surface area contributed by atoms with Crippen LogP contribution in [0.3, 0.4) is 0 Å². The van der Waals surface area contributed by atoms with E-state index in [1.54, 1.807) is 12.1 Å². The van der Waals surface area contributed by atoms with Crippen LogP contribution in [-0.2, 0) is 10.0 Å². The predicted molar refractivity (Wildman–Crippen MR) is 78.1 cm³/mol. The Kier molecular flexibility index (Phi) is 3.67. The molecule has 3 rings (SSSR count). The first-order valence-electron chi connectivity index (χ1n) is 6.73. The van der Waals surface area contributed by atoms with Crippen molar-refractivity contribution in [3.8, 4) is 0 Å². The third-order valence-corrected chi connectivity index (χ3v) is 7.87. The van der Waals surface area contributed by atoms with Gasteiger partial charge in [-0.1, -0.05) is 18.0 Å². The third-order valence-electron chi connectivity index (χ3n) is 4.59. The molecule has 1 aromatic rings. The van der Waals surface area contributed by atoms with E-state index >= 15 is 0 Å². The zero-order valence-electron chi connectivity index (χ0n) is 10.8. The molecule has 2 aliphatic rings. The molecule has 19 heavy (non-hydrogen) atoms. The first kappa shape index (κ1) is 13.9. The number of halogens is 1. The molecule has 2 aliphatic carbocycles. The van der Waals surface area contributed by atoms with E-state index in [1.807, 2.05) is 6.92 Å². The van der Waals surface area contributed by atoms with Gasteiger partial charge >= 0.3 is 0 Å². The third kappa shape index (κ3) is 2.71. The van der Waals surface area contributed by atoms with Gasteiger partial charge in [0.25, 0.3) is 0 Å². The monoisotopic (exact) mass is 319 g/mol. The quantitative estimate of drug-likeness (QED) is 0.923. The number of rotatable bonds is 4. The molecule has 3 nitrogen and oxygen atoms in total. The summed E-state index contributed by atoms with van der Waals surface area (Å²) in [5.41, 5.74) is 0. The Bertz CT molecular complexity index is 569. The number of hydrogen-bond acceptors (Lipinski definition) is 3. The summed E-state index contributed by atoms with van der Waals surface area (Å²) in [6, 6.07) is 3.22. The van der Waals surface area contributed by atoms with Crippen LogP contribution in [0, 0.1) is 17.8 Å². The molecule has 0 amide bonds. The summed E-state index contributed by atoms with van der Waals surface area (Å²) in [6.07, 6.45) is 5.08. The van der Waals surface area contributed by atoms with Crippen LogP contribution in [0.25, 0.3) is 0 Å². The van der Waals surface area contributed by atoms with Crippen molar-refractivity contribution in [2.45, 2.75) is 42.9 Å². The SMILES string of the molecule is C[C@@H](NS(=O)(=O)c1ccc(Cl)s1)[C@@H]1C[C@H]2CC[C@H]1C2. The number of nitrogens with one attached hydrogen (secondary N) is 1. The minimum absolute atomic E-state index is 0.0150. The summed E-state index contributed by atoms with van der Waals surface area (Å²) in [5.74, 6) is 2.05. The second kappa shape index (κ2) is 5.02. The molecular weight excluding hydrogens is 302 g/mol. The van der Waals surface area contributed by atoms with Crippen molar-refractivity contribution in [1.29, 1.82) is 0 Å². The molecule has 0 aromatic carbocycles. The molecule has 106 valence electrons. The average molecular weight is 320 g/mol. The average Bonchev–Trinajstić information content (AvgIpc) is 3.02. The van der Waals surface area contributed by atoms with E-state index in [0.717, 1.165) is 23.2 Å². The van der Waals surface area contributed by atoms with Crippen LogP contribution in [0.4, 0.5) is 0 Å². The van der Waals surface area contributed by atoms with Crippen LogP contribution < -0.4 is 4.72 Å². The standard InChI is InChI=1S/C13H18ClNO2S2/c1-8(11-7-9-2-3-10(11)6-9)15-19(16,17)13-5-4-12(14)18-13/h4-5,8-11,15H,2-3,6-7H2,1H3/t8-,9+,10+,11+/m1/s1. The van der Waals surface area contributed by atoms with Gasteiger partial charge in [-0.2, -0.15) is 0 Å². The fraction of sp³-hybridized carbons (Fsp3) is 0.692. The highest BCUT2D eigenvalue weighted by molar-refractivity contribution is 7.91. The van der Waals surface area contributed by atoms with Crippen molar-refractivity contribution in [2.75, 3.05) is 0 Å². The van der Waals surface area contributed by atoms with Crippen molar-refractivity contribution < 1.29 is 8.42 Å². The number of thiophene rings is 1. The summed E-state index contributed by atoms with van der Waals surface area (Å²) >= 11 is 6.92. The lowest BCUT2D eigenvalue weighted by molar-refractivity contribution is 0.280. The van der Waals surface area contributed by atoms with E-state index in [4.69, 9.17) is 11.6 Å².